The summed E-state index contributed by atoms with van der Waals surface area (Å²) in [5, 5.41) is 50.2. The molecule has 480 valence electrons. The van der Waals surface area contributed by atoms with Crippen molar-refractivity contribution in [2.75, 3.05) is 98.7 Å². The minimum Gasteiger partial charge on any atom is -0.411 e. The van der Waals surface area contributed by atoms with Crippen LogP contribution in [0.5, 0.6) is 0 Å². The first-order valence-electron chi connectivity index (χ1n) is 29.2. The number of unbranched alkanes of at least 4 members (excludes halogenated alkanes) is 3. The fourth-order valence-corrected chi connectivity index (χ4v) is 7.25. The monoisotopic (exact) mass is 1190 g/mol. The van der Waals surface area contributed by atoms with Crippen LogP contribution >= 0.6 is 0 Å². The van der Waals surface area contributed by atoms with Crippen LogP contribution in [0.25, 0.3) is 0 Å². The number of primary amides is 2. The first-order chi connectivity index (χ1) is 39.5. The van der Waals surface area contributed by atoms with Gasteiger partial charge in [-0.1, -0.05) is 40.5 Å². The molecule has 28 nitrogen and oxygen atoms in total. The Balaban J connectivity index is 0. The molecule has 0 bridgehead atoms. The van der Waals surface area contributed by atoms with E-state index in [1.165, 1.54) is 12.4 Å². The Kier molecular flexibility index (Phi) is 48.0. The molecule has 15 N–H and O–H groups in total. The van der Waals surface area contributed by atoms with Crippen molar-refractivity contribution in [1.82, 2.24) is 47.9 Å². The van der Waals surface area contributed by atoms with Crippen LogP contribution in [-0.2, 0) is 62.1 Å². The molecule has 9 amide bonds. The third-order valence-corrected chi connectivity index (χ3v) is 12.3. The van der Waals surface area contributed by atoms with Gasteiger partial charge >= 0.3 is 0 Å². The van der Waals surface area contributed by atoms with Crippen LogP contribution in [0, 0.1) is 11.8 Å². The molecule has 0 spiro atoms. The minimum absolute atomic E-state index is 0.0202. The van der Waals surface area contributed by atoms with E-state index in [2.05, 4.69) is 58.2 Å². The van der Waals surface area contributed by atoms with Crippen molar-refractivity contribution in [3.05, 3.63) is 0 Å². The van der Waals surface area contributed by atoms with Gasteiger partial charge in [-0.3, -0.25) is 43.2 Å². The number of hydrogen-bond donors (Lipinski definition) is 13. The summed E-state index contributed by atoms with van der Waals surface area (Å²) in [5.41, 5.74) is 9.22. The van der Waals surface area contributed by atoms with E-state index in [0.717, 1.165) is 12.8 Å². The second-order valence-electron chi connectivity index (χ2n) is 20.9. The second kappa shape index (κ2) is 50.4. The standard InChI is InChI=1S/C53H99N13O15.C2H6/c1-39(49(54)73)15-7-10-23-57-47(71)35-80-31-30-79-28-26-59-48(72)36-81-32-29-78-27-25-58-44(68)19-13-18-43(67)56-22-12-9-17-42(51(75)60-24-11-8-16-40(2)50(55)74)66-46(70)21-14-20-45(69)65-41(33-61-52(3,4)37-63-76)34-62-53(5,6)38-64-77;1-2/h37-42,61-62,76-77H,7-36H2,1-6H3,(H2,54,73)(H2,55,74)(H,56,67)(H,57,71)(H,58,68)(H,59,72)(H,60,75)(H,65,69)(H,66,70);1-2H3/b63-37-,64-38-;/t39-,40+,42-;/m0./s1. The molecule has 0 unspecified atom stereocenters. The summed E-state index contributed by atoms with van der Waals surface area (Å²) < 4.78 is 21.4. The molecular formula is C55H105N13O15. The predicted octanol–water partition coefficient (Wildman–Crippen LogP) is 0.380. The van der Waals surface area contributed by atoms with Gasteiger partial charge < -0.3 is 88.7 Å². The third-order valence-electron chi connectivity index (χ3n) is 12.3. The SMILES string of the molecule is CC.C[C@H](CCCCNC(=O)[C@H](CCCCNC(=O)CCCC(=O)NCCOCCOCC(=O)NCCOCCOCC(=O)NCCCC[C@H](C)C(N)=O)NC(=O)CCCC(=O)NC(CNC(C)(C)/C=N\O)CNC(C)(C)/C=N\O)C(N)=O. The number of amides is 9. The Hall–Kier alpha value is -6.07. The smallest absolute Gasteiger partial charge is 0.246 e. The lowest BCUT2D eigenvalue weighted by molar-refractivity contribution is -0.129. The van der Waals surface area contributed by atoms with Crippen LogP contribution < -0.4 is 59.3 Å². The van der Waals surface area contributed by atoms with Crippen LogP contribution in [0.3, 0.4) is 0 Å². The zero-order valence-electron chi connectivity index (χ0n) is 50.9. The van der Waals surface area contributed by atoms with E-state index >= 15 is 0 Å². The van der Waals surface area contributed by atoms with E-state index in [1.54, 1.807) is 41.5 Å². The number of nitrogens with zero attached hydrogens (tertiary/aromatic N) is 2. The lowest BCUT2D eigenvalue weighted by Crippen LogP contribution is -2.55. The Bertz CT molecular complexity index is 1870. The normalized spacial score (nSPS) is 12.6. The quantitative estimate of drug-likeness (QED) is 0.0169. The van der Waals surface area contributed by atoms with Crippen molar-refractivity contribution in [1.29, 1.82) is 0 Å². The molecule has 0 aliphatic rings. The van der Waals surface area contributed by atoms with Crippen LogP contribution in [0.4, 0.5) is 0 Å². The minimum atomic E-state index is -0.873. The van der Waals surface area contributed by atoms with Gasteiger partial charge in [-0.05, 0) is 85.5 Å². The fraction of sp³-hybridized carbons (Fsp3) is 0.800. The molecule has 83 heavy (non-hydrogen) atoms. The van der Waals surface area contributed by atoms with E-state index in [0.29, 0.717) is 64.6 Å². The lowest BCUT2D eigenvalue weighted by Gasteiger charge is -2.29. The van der Waals surface area contributed by atoms with E-state index in [4.69, 9.17) is 40.8 Å². The third kappa shape index (κ3) is 49.1. The van der Waals surface area contributed by atoms with Gasteiger partial charge in [0.1, 0.15) is 19.3 Å². The molecule has 0 aromatic heterocycles. The van der Waals surface area contributed by atoms with Crippen LogP contribution in [-0.4, -0.2) is 198 Å². The highest BCUT2D eigenvalue weighted by atomic mass is 16.5. The molecule has 0 aromatic rings. The molecule has 0 saturated heterocycles. The maximum absolute atomic E-state index is 13.3. The van der Waals surface area contributed by atoms with Crippen molar-refractivity contribution in [3.63, 3.8) is 0 Å². The highest BCUT2D eigenvalue weighted by molar-refractivity contribution is 5.88. The largest absolute Gasteiger partial charge is 0.411 e. The zero-order valence-corrected chi connectivity index (χ0v) is 50.9. The summed E-state index contributed by atoms with van der Waals surface area (Å²) in [6.45, 7) is 18.0. The maximum atomic E-state index is 13.3. The Labute approximate surface area is 491 Å². The summed E-state index contributed by atoms with van der Waals surface area (Å²) in [6, 6.07) is -1.31. The number of rotatable bonds is 52. The number of nitrogens with two attached hydrogens (primary N) is 2. The van der Waals surface area contributed by atoms with Gasteiger partial charge in [0.2, 0.25) is 53.2 Å². The number of carbonyl (C=O) groups is 9. The van der Waals surface area contributed by atoms with Gasteiger partial charge in [0.05, 0.1) is 69.2 Å². The zero-order chi connectivity index (χ0) is 62.7. The molecule has 28 heteroatoms. The van der Waals surface area contributed by atoms with E-state index in [-0.39, 0.29) is 171 Å². The highest BCUT2D eigenvalue weighted by Gasteiger charge is 2.24. The van der Waals surface area contributed by atoms with Gasteiger partial charge in [0.25, 0.3) is 0 Å². The fourth-order valence-electron chi connectivity index (χ4n) is 7.25. The first-order valence-corrected chi connectivity index (χ1v) is 29.2. The van der Waals surface area contributed by atoms with Crippen molar-refractivity contribution < 1.29 is 72.5 Å². The number of ether oxygens (including phenoxy) is 4. The summed E-state index contributed by atoms with van der Waals surface area (Å²) in [5.74, 6) is -3.34. The molecule has 0 rings (SSSR count). The Morgan fingerprint density at radius 2 is 0.819 bits per heavy atom. The van der Waals surface area contributed by atoms with Crippen molar-refractivity contribution in [2.24, 2.45) is 33.6 Å². The molecular weight excluding hydrogens is 1080 g/mol. The highest BCUT2D eigenvalue weighted by Crippen LogP contribution is 2.09. The number of nitrogens with one attached hydrogen (secondary N) is 9. The molecule has 0 heterocycles. The van der Waals surface area contributed by atoms with Gasteiger partial charge in [-0.15, -0.1) is 10.3 Å². The van der Waals surface area contributed by atoms with Gasteiger partial charge in [0, 0.05) is 83.3 Å². The summed E-state index contributed by atoms with van der Waals surface area (Å²) >= 11 is 0. The van der Waals surface area contributed by atoms with Gasteiger partial charge in [-0.2, -0.15) is 0 Å². The number of hydrogen-bond acceptors (Lipinski definition) is 19. The molecule has 0 radical (unpaired) electrons. The first kappa shape index (κ1) is 79.0. The summed E-state index contributed by atoms with van der Waals surface area (Å²) in [6.07, 6.45) is 8.74. The number of oxime groups is 2. The van der Waals surface area contributed by atoms with Crippen molar-refractivity contribution >= 4 is 65.6 Å². The van der Waals surface area contributed by atoms with Gasteiger partial charge in [0.15, 0.2) is 0 Å². The molecule has 0 aromatic carbocycles. The Morgan fingerprint density at radius 1 is 0.458 bits per heavy atom. The number of carbonyl (C=O) groups excluding carboxylic acids is 9. The average Bonchev–Trinajstić information content (AvgIpc) is 3.44. The summed E-state index contributed by atoms with van der Waals surface area (Å²) in [4.78, 5) is 110. The van der Waals surface area contributed by atoms with Crippen molar-refractivity contribution in [2.45, 2.75) is 175 Å². The molecule has 0 saturated carbocycles. The molecule has 3 atom stereocenters. The topological polar surface area (TPSA) is 416 Å². The lowest BCUT2D eigenvalue weighted by atomic mass is 10.0. The molecule has 0 aliphatic heterocycles. The molecule has 0 fully saturated rings. The van der Waals surface area contributed by atoms with E-state index in [1.807, 2.05) is 13.8 Å². The van der Waals surface area contributed by atoms with Gasteiger partial charge in [-0.25, -0.2) is 0 Å². The van der Waals surface area contributed by atoms with E-state index < -0.39 is 35.0 Å². The molecule has 0 aliphatic carbocycles. The maximum Gasteiger partial charge on any atom is 0.246 e. The average molecular weight is 1190 g/mol. The van der Waals surface area contributed by atoms with Crippen molar-refractivity contribution in [3.8, 4) is 0 Å². The van der Waals surface area contributed by atoms with Crippen LogP contribution in [0.1, 0.15) is 152 Å². The summed E-state index contributed by atoms with van der Waals surface area (Å²) in [7, 11) is 0. The Morgan fingerprint density at radius 3 is 1.25 bits per heavy atom. The van der Waals surface area contributed by atoms with E-state index in [9.17, 15) is 43.2 Å². The predicted molar refractivity (Wildman–Crippen MR) is 314 cm³/mol. The second-order valence-corrected chi connectivity index (χ2v) is 20.9. The van der Waals surface area contributed by atoms with Crippen LogP contribution in [0.2, 0.25) is 0 Å². The van der Waals surface area contributed by atoms with Crippen LogP contribution in [0.15, 0.2) is 10.3 Å².